The molecule has 1 rings (SSSR count). The van der Waals surface area contributed by atoms with Crippen molar-refractivity contribution in [3.8, 4) is 0 Å². The molecule has 0 bridgehead atoms. The molecule has 1 amide bonds. The van der Waals surface area contributed by atoms with E-state index < -0.39 is 0 Å². The first-order valence-corrected chi connectivity index (χ1v) is 6.79. The van der Waals surface area contributed by atoms with E-state index in [9.17, 15) is 4.79 Å². The standard InChI is InChI=1S/C11H13BrINO/c1-11(2,7-12)14-10(15)8-4-3-5-9(13)6-8/h3-6H,7H2,1-2H3,(H,14,15). The first-order chi connectivity index (χ1) is 6.94. The Bertz CT molecular complexity index is 365. The Balaban J connectivity index is 2.78. The third-order valence-electron chi connectivity index (χ3n) is 1.87. The Morgan fingerprint density at radius 2 is 2.20 bits per heavy atom. The lowest BCUT2D eigenvalue weighted by molar-refractivity contribution is 0.0921. The van der Waals surface area contributed by atoms with Crippen molar-refractivity contribution < 1.29 is 4.79 Å². The largest absolute Gasteiger partial charge is 0.346 e. The average molecular weight is 382 g/mol. The highest BCUT2D eigenvalue weighted by Crippen LogP contribution is 2.11. The minimum atomic E-state index is -0.224. The minimum Gasteiger partial charge on any atom is -0.346 e. The molecule has 0 saturated heterocycles. The maximum Gasteiger partial charge on any atom is 0.251 e. The van der Waals surface area contributed by atoms with Crippen LogP contribution in [0.2, 0.25) is 0 Å². The number of halogens is 2. The number of rotatable bonds is 3. The van der Waals surface area contributed by atoms with Crippen LogP contribution in [0.4, 0.5) is 0 Å². The highest BCUT2D eigenvalue weighted by atomic mass is 127. The van der Waals surface area contributed by atoms with Gasteiger partial charge in [-0.1, -0.05) is 22.0 Å². The van der Waals surface area contributed by atoms with E-state index in [4.69, 9.17) is 0 Å². The van der Waals surface area contributed by atoms with Crippen molar-refractivity contribution in [1.29, 1.82) is 0 Å². The maximum atomic E-state index is 11.8. The summed E-state index contributed by atoms with van der Waals surface area (Å²) in [6.45, 7) is 3.96. The molecule has 1 aromatic carbocycles. The monoisotopic (exact) mass is 381 g/mol. The quantitative estimate of drug-likeness (QED) is 0.632. The second kappa shape index (κ2) is 5.30. The lowest BCUT2D eigenvalue weighted by atomic mass is 10.1. The van der Waals surface area contributed by atoms with Gasteiger partial charge in [0.15, 0.2) is 0 Å². The summed E-state index contributed by atoms with van der Waals surface area (Å²) in [4.78, 5) is 11.8. The molecule has 0 spiro atoms. The first kappa shape index (κ1) is 13.0. The van der Waals surface area contributed by atoms with Gasteiger partial charge in [0.25, 0.3) is 5.91 Å². The van der Waals surface area contributed by atoms with Crippen molar-refractivity contribution >= 4 is 44.4 Å². The van der Waals surface area contributed by atoms with Crippen LogP contribution in [0.5, 0.6) is 0 Å². The summed E-state index contributed by atoms with van der Waals surface area (Å²) in [5, 5.41) is 3.69. The molecule has 4 heteroatoms. The van der Waals surface area contributed by atoms with E-state index in [2.05, 4.69) is 43.8 Å². The molecule has 0 aliphatic carbocycles. The van der Waals surface area contributed by atoms with E-state index in [-0.39, 0.29) is 11.4 Å². The number of hydrogen-bond donors (Lipinski definition) is 1. The zero-order chi connectivity index (χ0) is 11.5. The van der Waals surface area contributed by atoms with E-state index in [1.807, 2.05) is 38.1 Å². The van der Waals surface area contributed by atoms with Crippen molar-refractivity contribution in [2.45, 2.75) is 19.4 Å². The molecule has 1 N–H and O–H groups in total. The van der Waals surface area contributed by atoms with Crippen molar-refractivity contribution in [1.82, 2.24) is 5.32 Å². The number of alkyl halides is 1. The Morgan fingerprint density at radius 1 is 1.53 bits per heavy atom. The zero-order valence-corrected chi connectivity index (χ0v) is 12.4. The molecule has 0 atom stereocenters. The van der Waals surface area contributed by atoms with Crippen LogP contribution in [0.25, 0.3) is 0 Å². The fourth-order valence-corrected chi connectivity index (χ4v) is 1.73. The summed E-state index contributed by atoms with van der Waals surface area (Å²) in [7, 11) is 0. The van der Waals surface area contributed by atoms with Crippen LogP contribution < -0.4 is 5.32 Å². The number of carbonyl (C=O) groups excluding carboxylic acids is 1. The molecular formula is C11H13BrINO. The van der Waals surface area contributed by atoms with E-state index in [1.165, 1.54) is 0 Å². The van der Waals surface area contributed by atoms with Crippen molar-refractivity contribution in [2.24, 2.45) is 0 Å². The Kier molecular flexibility index (Phi) is 4.58. The summed E-state index contributed by atoms with van der Waals surface area (Å²) < 4.78 is 1.07. The smallest absolute Gasteiger partial charge is 0.251 e. The van der Waals surface area contributed by atoms with Gasteiger partial charge in [-0.2, -0.15) is 0 Å². The normalized spacial score (nSPS) is 11.2. The summed E-state index contributed by atoms with van der Waals surface area (Å²) in [6.07, 6.45) is 0. The van der Waals surface area contributed by atoms with Crippen molar-refractivity contribution in [3.05, 3.63) is 33.4 Å². The summed E-state index contributed by atoms with van der Waals surface area (Å²) in [5.74, 6) is -0.0297. The Morgan fingerprint density at radius 3 is 2.73 bits per heavy atom. The lowest BCUT2D eigenvalue weighted by Gasteiger charge is -2.23. The molecule has 0 fully saturated rings. The average Bonchev–Trinajstić information content (AvgIpc) is 2.17. The summed E-state index contributed by atoms with van der Waals surface area (Å²) in [5.41, 5.74) is 0.481. The van der Waals surface area contributed by atoms with E-state index in [0.717, 1.165) is 8.90 Å². The van der Waals surface area contributed by atoms with Gasteiger partial charge >= 0.3 is 0 Å². The van der Waals surface area contributed by atoms with Gasteiger partial charge in [0.1, 0.15) is 0 Å². The number of nitrogens with one attached hydrogen (secondary N) is 1. The summed E-state index contributed by atoms with van der Waals surface area (Å²) >= 11 is 5.57. The van der Waals surface area contributed by atoms with Crippen LogP contribution in [-0.4, -0.2) is 16.8 Å². The van der Waals surface area contributed by atoms with E-state index in [0.29, 0.717) is 5.56 Å². The number of amides is 1. The SMILES string of the molecule is CC(C)(CBr)NC(=O)c1cccc(I)c1. The molecule has 0 aliphatic heterocycles. The van der Waals surface area contributed by atoms with Crippen LogP contribution in [-0.2, 0) is 0 Å². The van der Waals surface area contributed by atoms with Gasteiger partial charge in [0, 0.05) is 20.0 Å². The molecule has 0 radical (unpaired) electrons. The lowest BCUT2D eigenvalue weighted by Crippen LogP contribution is -2.44. The van der Waals surface area contributed by atoms with Crippen LogP contribution in [0, 0.1) is 3.57 Å². The van der Waals surface area contributed by atoms with Crippen LogP contribution in [0.3, 0.4) is 0 Å². The number of hydrogen-bond acceptors (Lipinski definition) is 1. The third kappa shape index (κ3) is 4.10. The minimum absolute atomic E-state index is 0.0297. The van der Waals surface area contributed by atoms with Crippen LogP contribution >= 0.6 is 38.5 Å². The molecule has 0 saturated carbocycles. The summed E-state index contributed by atoms with van der Waals surface area (Å²) in [6, 6.07) is 7.55. The second-order valence-electron chi connectivity index (χ2n) is 3.98. The molecule has 0 heterocycles. The van der Waals surface area contributed by atoms with E-state index in [1.54, 1.807) is 0 Å². The Labute approximate surface area is 112 Å². The molecule has 0 aliphatic rings. The molecular weight excluding hydrogens is 369 g/mol. The van der Waals surface area contributed by atoms with Gasteiger partial charge < -0.3 is 5.32 Å². The van der Waals surface area contributed by atoms with Gasteiger partial charge in [-0.25, -0.2) is 0 Å². The van der Waals surface area contributed by atoms with E-state index >= 15 is 0 Å². The molecule has 15 heavy (non-hydrogen) atoms. The fourth-order valence-electron chi connectivity index (χ4n) is 1.04. The van der Waals surface area contributed by atoms with Gasteiger partial charge in [-0.05, 0) is 54.6 Å². The molecule has 2 nitrogen and oxygen atoms in total. The topological polar surface area (TPSA) is 29.1 Å². The molecule has 82 valence electrons. The second-order valence-corrected chi connectivity index (χ2v) is 5.79. The predicted molar refractivity (Wildman–Crippen MR) is 74.5 cm³/mol. The zero-order valence-electron chi connectivity index (χ0n) is 8.68. The van der Waals surface area contributed by atoms with Crippen molar-refractivity contribution in [3.63, 3.8) is 0 Å². The van der Waals surface area contributed by atoms with Crippen LogP contribution in [0.1, 0.15) is 24.2 Å². The fraction of sp³-hybridized carbons (Fsp3) is 0.364. The van der Waals surface area contributed by atoms with Crippen molar-refractivity contribution in [2.75, 3.05) is 5.33 Å². The maximum absolute atomic E-state index is 11.8. The highest BCUT2D eigenvalue weighted by Gasteiger charge is 2.19. The Hall–Kier alpha value is -0.100. The van der Waals surface area contributed by atoms with Gasteiger partial charge in [-0.3, -0.25) is 4.79 Å². The number of carbonyl (C=O) groups is 1. The molecule has 0 unspecified atom stereocenters. The third-order valence-corrected chi connectivity index (χ3v) is 3.95. The van der Waals surface area contributed by atoms with Gasteiger partial charge in [-0.15, -0.1) is 0 Å². The molecule has 1 aromatic rings. The number of benzene rings is 1. The molecule has 0 aromatic heterocycles. The van der Waals surface area contributed by atoms with Crippen LogP contribution in [0.15, 0.2) is 24.3 Å². The predicted octanol–water partition coefficient (Wildman–Crippen LogP) is 3.19. The first-order valence-electron chi connectivity index (χ1n) is 4.59. The van der Waals surface area contributed by atoms with Gasteiger partial charge in [0.05, 0.1) is 0 Å². The van der Waals surface area contributed by atoms with Gasteiger partial charge in [0.2, 0.25) is 0 Å². The highest BCUT2D eigenvalue weighted by molar-refractivity contribution is 14.1.